The number of phenolic OH excluding ortho intramolecular Hbond substituents is 1. The quantitative estimate of drug-likeness (QED) is 0.774. The molecule has 2 aromatic carbocycles. The minimum Gasteiger partial charge on any atom is -0.545 e. The maximum absolute atomic E-state index is 11.8. The first-order valence-electron chi connectivity index (χ1n) is 7.13. The van der Waals surface area contributed by atoms with E-state index in [-0.39, 0.29) is 23.8 Å². The van der Waals surface area contributed by atoms with Gasteiger partial charge >= 0.3 is 0 Å². The molecule has 0 atom stereocenters. The molecule has 2 N–H and O–H groups in total. The number of phenols is 1. The number of aromatic hydroxyl groups is 1. The lowest BCUT2D eigenvalue weighted by Crippen LogP contribution is -2.22. The van der Waals surface area contributed by atoms with Crippen molar-refractivity contribution in [2.45, 2.75) is 6.54 Å². The SMILES string of the molecule is COc1cc(/C=C/C(=O)NCc2ccc(C(=O)[O-])cc2)ccc1O. The number of amides is 1. The monoisotopic (exact) mass is 326 g/mol. The summed E-state index contributed by atoms with van der Waals surface area (Å²) >= 11 is 0. The Kier molecular flexibility index (Phi) is 5.57. The van der Waals surface area contributed by atoms with Crippen molar-refractivity contribution in [3.05, 3.63) is 65.2 Å². The van der Waals surface area contributed by atoms with E-state index in [9.17, 15) is 19.8 Å². The Hall–Kier alpha value is -3.28. The Morgan fingerprint density at radius 1 is 1.21 bits per heavy atom. The van der Waals surface area contributed by atoms with Crippen LogP contribution < -0.4 is 15.2 Å². The molecular weight excluding hydrogens is 310 g/mol. The van der Waals surface area contributed by atoms with E-state index in [1.165, 1.54) is 31.4 Å². The third-order valence-electron chi connectivity index (χ3n) is 3.29. The molecule has 0 saturated heterocycles. The first-order chi connectivity index (χ1) is 11.5. The molecule has 6 heteroatoms. The van der Waals surface area contributed by atoms with E-state index in [0.717, 1.165) is 5.56 Å². The number of ether oxygens (including phenoxy) is 1. The van der Waals surface area contributed by atoms with E-state index in [0.29, 0.717) is 11.3 Å². The average molecular weight is 326 g/mol. The highest BCUT2D eigenvalue weighted by Gasteiger charge is 2.02. The number of hydrogen-bond donors (Lipinski definition) is 2. The largest absolute Gasteiger partial charge is 0.545 e. The molecule has 0 unspecified atom stereocenters. The first-order valence-corrected chi connectivity index (χ1v) is 7.13. The number of aromatic carboxylic acids is 1. The molecular formula is C18H16NO5-. The van der Waals surface area contributed by atoms with Crippen LogP contribution in [0.2, 0.25) is 0 Å². The molecule has 0 aliphatic rings. The van der Waals surface area contributed by atoms with E-state index in [1.54, 1.807) is 30.3 Å². The Bertz CT molecular complexity index is 765. The van der Waals surface area contributed by atoms with Crippen LogP contribution in [0.4, 0.5) is 0 Å². The van der Waals surface area contributed by atoms with Crippen molar-refractivity contribution in [2.75, 3.05) is 7.11 Å². The van der Waals surface area contributed by atoms with Gasteiger partial charge in [0.1, 0.15) is 0 Å². The number of carbonyl (C=O) groups excluding carboxylic acids is 2. The van der Waals surface area contributed by atoms with Gasteiger partial charge in [-0.15, -0.1) is 0 Å². The Morgan fingerprint density at radius 3 is 2.54 bits per heavy atom. The highest BCUT2D eigenvalue weighted by atomic mass is 16.5. The molecule has 1 amide bonds. The van der Waals surface area contributed by atoms with E-state index in [4.69, 9.17) is 4.74 Å². The van der Waals surface area contributed by atoms with Crippen molar-refractivity contribution in [1.82, 2.24) is 5.32 Å². The van der Waals surface area contributed by atoms with Gasteiger partial charge < -0.3 is 25.1 Å². The van der Waals surface area contributed by atoms with Gasteiger partial charge in [0.25, 0.3) is 0 Å². The molecule has 2 rings (SSSR count). The highest BCUT2D eigenvalue weighted by Crippen LogP contribution is 2.26. The third kappa shape index (κ3) is 4.61. The van der Waals surface area contributed by atoms with Gasteiger partial charge in [0, 0.05) is 12.6 Å². The van der Waals surface area contributed by atoms with E-state index < -0.39 is 5.97 Å². The van der Waals surface area contributed by atoms with Crippen LogP contribution in [0.1, 0.15) is 21.5 Å². The number of carboxylic acid groups (broad SMARTS) is 1. The molecule has 0 saturated carbocycles. The summed E-state index contributed by atoms with van der Waals surface area (Å²) in [6.07, 6.45) is 2.96. The minimum atomic E-state index is -1.24. The first kappa shape index (κ1) is 17.1. The van der Waals surface area contributed by atoms with Crippen LogP contribution in [-0.4, -0.2) is 24.1 Å². The van der Waals surface area contributed by atoms with Crippen molar-refractivity contribution < 1.29 is 24.5 Å². The van der Waals surface area contributed by atoms with Crippen LogP contribution in [0.3, 0.4) is 0 Å². The summed E-state index contributed by atoms with van der Waals surface area (Å²) in [5.74, 6) is -1.19. The zero-order valence-corrected chi connectivity index (χ0v) is 13.0. The maximum Gasteiger partial charge on any atom is 0.244 e. The van der Waals surface area contributed by atoms with Crippen molar-refractivity contribution in [1.29, 1.82) is 0 Å². The minimum absolute atomic E-state index is 0.0270. The molecule has 0 heterocycles. The summed E-state index contributed by atoms with van der Waals surface area (Å²) < 4.78 is 4.99. The Labute approximate surface area is 139 Å². The number of carboxylic acids is 1. The predicted octanol–water partition coefficient (Wildman–Crippen LogP) is 1.09. The number of hydrogen-bond acceptors (Lipinski definition) is 5. The van der Waals surface area contributed by atoms with Crippen LogP contribution in [0.25, 0.3) is 6.08 Å². The van der Waals surface area contributed by atoms with Gasteiger partial charge in [-0.05, 0) is 34.9 Å². The van der Waals surface area contributed by atoms with Gasteiger partial charge in [0.05, 0.1) is 13.1 Å². The number of benzene rings is 2. The lowest BCUT2D eigenvalue weighted by molar-refractivity contribution is -0.255. The molecule has 2 aromatic rings. The van der Waals surface area contributed by atoms with Gasteiger partial charge in [-0.2, -0.15) is 0 Å². The molecule has 24 heavy (non-hydrogen) atoms. The van der Waals surface area contributed by atoms with Crippen LogP contribution >= 0.6 is 0 Å². The highest BCUT2D eigenvalue weighted by molar-refractivity contribution is 5.91. The molecule has 0 bridgehead atoms. The van der Waals surface area contributed by atoms with Gasteiger partial charge in [-0.1, -0.05) is 30.3 Å². The predicted molar refractivity (Wildman–Crippen MR) is 86.3 cm³/mol. The lowest BCUT2D eigenvalue weighted by Gasteiger charge is -2.06. The zero-order valence-electron chi connectivity index (χ0n) is 13.0. The second-order valence-corrected chi connectivity index (χ2v) is 4.97. The van der Waals surface area contributed by atoms with Crippen molar-refractivity contribution in [3.63, 3.8) is 0 Å². The Morgan fingerprint density at radius 2 is 1.92 bits per heavy atom. The van der Waals surface area contributed by atoms with Gasteiger partial charge in [0.15, 0.2) is 11.5 Å². The van der Waals surface area contributed by atoms with Crippen molar-refractivity contribution in [2.24, 2.45) is 0 Å². The van der Waals surface area contributed by atoms with E-state index >= 15 is 0 Å². The second-order valence-electron chi connectivity index (χ2n) is 4.97. The van der Waals surface area contributed by atoms with E-state index in [1.807, 2.05) is 0 Å². The summed E-state index contributed by atoms with van der Waals surface area (Å²) in [5, 5.41) is 22.8. The fourth-order valence-corrected chi connectivity index (χ4v) is 1.98. The van der Waals surface area contributed by atoms with Gasteiger partial charge in [-0.25, -0.2) is 0 Å². The Balaban J connectivity index is 1.92. The van der Waals surface area contributed by atoms with Gasteiger partial charge in [0.2, 0.25) is 5.91 Å². The lowest BCUT2D eigenvalue weighted by atomic mass is 10.1. The molecule has 0 aromatic heterocycles. The van der Waals surface area contributed by atoms with Crippen LogP contribution in [0, 0.1) is 0 Å². The molecule has 0 fully saturated rings. The second kappa shape index (κ2) is 7.82. The number of nitrogens with one attached hydrogen (secondary N) is 1. The standard InChI is InChI=1S/C18H17NO5/c1-24-16-10-12(4-8-15(16)20)5-9-17(21)19-11-13-2-6-14(7-3-13)18(22)23/h2-10,20H,11H2,1H3,(H,19,21)(H,22,23)/p-1/b9-5+. The fourth-order valence-electron chi connectivity index (χ4n) is 1.98. The summed E-state index contributed by atoms with van der Waals surface area (Å²) in [7, 11) is 1.45. The third-order valence-corrected chi connectivity index (χ3v) is 3.29. The molecule has 0 aliphatic carbocycles. The molecule has 0 spiro atoms. The summed E-state index contributed by atoms with van der Waals surface area (Å²) in [6.45, 7) is 0.273. The topological polar surface area (TPSA) is 98.7 Å². The summed E-state index contributed by atoms with van der Waals surface area (Å²) in [5.41, 5.74) is 1.57. The molecule has 0 radical (unpaired) electrons. The van der Waals surface area contributed by atoms with E-state index in [2.05, 4.69) is 5.32 Å². The zero-order chi connectivity index (χ0) is 17.5. The summed E-state index contributed by atoms with van der Waals surface area (Å²) in [6, 6.07) is 10.8. The van der Waals surface area contributed by atoms with Crippen molar-refractivity contribution in [3.8, 4) is 11.5 Å². The smallest absolute Gasteiger partial charge is 0.244 e. The normalized spacial score (nSPS) is 10.5. The van der Waals surface area contributed by atoms with Crippen LogP contribution in [0.5, 0.6) is 11.5 Å². The number of carbonyl (C=O) groups is 2. The number of rotatable bonds is 6. The van der Waals surface area contributed by atoms with Crippen LogP contribution in [-0.2, 0) is 11.3 Å². The average Bonchev–Trinajstić information content (AvgIpc) is 2.59. The fraction of sp³-hybridized carbons (Fsp3) is 0.111. The summed E-state index contributed by atoms with van der Waals surface area (Å²) in [4.78, 5) is 22.5. The maximum atomic E-state index is 11.8. The van der Waals surface area contributed by atoms with Crippen molar-refractivity contribution >= 4 is 18.0 Å². The molecule has 0 aliphatic heterocycles. The molecule has 124 valence electrons. The number of methoxy groups -OCH3 is 1. The van der Waals surface area contributed by atoms with Gasteiger partial charge in [-0.3, -0.25) is 4.79 Å². The van der Waals surface area contributed by atoms with Crippen LogP contribution in [0.15, 0.2) is 48.5 Å². The molecule has 6 nitrogen and oxygen atoms in total.